The van der Waals surface area contributed by atoms with Crippen LogP contribution < -0.4 is 29.3 Å². The molecule has 0 bridgehead atoms. The van der Waals surface area contributed by atoms with Gasteiger partial charge in [0.25, 0.3) is 0 Å². The molecular formula is C10H16IP. The molecule has 0 saturated heterocycles. The molecule has 0 heterocycles. The number of hydrogen-bond acceptors (Lipinski definition) is 0. The van der Waals surface area contributed by atoms with Crippen LogP contribution in [0.2, 0.25) is 0 Å². The van der Waals surface area contributed by atoms with Gasteiger partial charge in [0, 0.05) is 7.26 Å². The first-order valence-corrected chi connectivity index (χ1v) is 6.92. The van der Waals surface area contributed by atoms with Crippen LogP contribution in [0, 0.1) is 0 Å². The Labute approximate surface area is 93.1 Å². The monoisotopic (exact) mass is 294 g/mol. The van der Waals surface area contributed by atoms with Gasteiger partial charge in [-0.05, 0) is 19.1 Å². The SMILES string of the molecule is CC[P+](C)(C)c1ccccc1.[I-]. The minimum Gasteiger partial charge on any atom is -1.00 e. The van der Waals surface area contributed by atoms with Crippen LogP contribution in [0.5, 0.6) is 0 Å². The van der Waals surface area contributed by atoms with Crippen LogP contribution in [0.25, 0.3) is 0 Å². The molecule has 0 unspecified atom stereocenters. The Morgan fingerprint density at radius 2 is 1.58 bits per heavy atom. The average molecular weight is 294 g/mol. The first-order valence-electron chi connectivity index (χ1n) is 4.05. The van der Waals surface area contributed by atoms with E-state index in [2.05, 4.69) is 50.6 Å². The van der Waals surface area contributed by atoms with Crippen molar-refractivity contribution in [2.45, 2.75) is 6.92 Å². The Morgan fingerprint density at radius 1 is 1.08 bits per heavy atom. The second kappa shape index (κ2) is 5.18. The molecule has 1 aromatic carbocycles. The van der Waals surface area contributed by atoms with Crippen LogP contribution in [0.4, 0.5) is 0 Å². The van der Waals surface area contributed by atoms with Crippen LogP contribution >= 0.6 is 7.26 Å². The number of rotatable bonds is 2. The highest BCUT2D eigenvalue weighted by Gasteiger charge is 2.24. The third-order valence-electron chi connectivity index (χ3n) is 2.25. The number of benzene rings is 1. The predicted molar refractivity (Wildman–Crippen MR) is 55.4 cm³/mol. The van der Waals surface area contributed by atoms with Crippen LogP contribution in [0.3, 0.4) is 0 Å². The fourth-order valence-electron chi connectivity index (χ4n) is 1.01. The van der Waals surface area contributed by atoms with Crippen molar-refractivity contribution < 1.29 is 24.0 Å². The molecular weight excluding hydrogens is 278 g/mol. The van der Waals surface area contributed by atoms with Gasteiger partial charge in [-0.15, -0.1) is 0 Å². The lowest BCUT2D eigenvalue weighted by Gasteiger charge is -2.14. The Bertz CT molecular complexity index is 219. The normalized spacial score (nSPS) is 10.6. The van der Waals surface area contributed by atoms with Crippen LogP contribution in [0.1, 0.15) is 6.92 Å². The second-order valence-corrected chi connectivity index (χ2v) is 7.86. The molecule has 0 fully saturated rings. The van der Waals surface area contributed by atoms with E-state index in [-0.39, 0.29) is 24.0 Å². The zero-order valence-corrected chi connectivity index (χ0v) is 11.0. The van der Waals surface area contributed by atoms with E-state index in [1.165, 1.54) is 6.16 Å². The van der Waals surface area contributed by atoms with Gasteiger partial charge in [0.05, 0.1) is 24.8 Å². The van der Waals surface area contributed by atoms with E-state index in [4.69, 9.17) is 0 Å². The molecule has 0 aliphatic rings. The minimum atomic E-state index is -0.776. The summed E-state index contributed by atoms with van der Waals surface area (Å²) in [5.41, 5.74) is 0. The van der Waals surface area contributed by atoms with Crippen LogP contribution in [0.15, 0.2) is 30.3 Å². The lowest BCUT2D eigenvalue weighted by atomic mass is 10.4. The van der Waals surface area contributed by atoms with Crippen molar-refractivity contribution in [2.24, 2.45) is 0 Å². The molecule has 0 spiro atoms. The van der Waals surface area contributed by atoms with Crippen molar-refractivity contribution >= 4 is 12.6 Å². The summed E-state index contributed by atoms with van der Waals surface area (Å²) in [4.78, 5) is 0. The van der Waals surface area contributed by atoms with Crippen molar-refractivity contribution in [3.8, 4) is 0 Å². The highest BCUT2D eigenvalue weighted by molar-refractivity contribution is 7.81. The molecule has 0 atom stereocenters. The van der Waals surface area contributed by atoms with Gasteiger partial charge in [-0.3, -0.25) is 0 Å². The summed E-state index contributed by atoms with van der Waals surface area (Å²) >= 11 is 0. The largest absolute Gasteiger partial charge is 1.00 e. The molecule has 0 aliphatic heterocycles. The summed E-state index contributed by atoms with van der Waals surface area (Å²) in [6.45, 7) is 7.06. The van der Waals surface area contributed by atoms with Gasteiger partial charge in [-0.1, -0.05) is 18.2 Å². The zero-order chi connectivity index (χ0) is 8.32. The molecule has 0 aromatic heterocycles. The van der Waals surface area contributed by atoms with E-state index in [1.54, 1.807) is 5.30 Å². The Balaban J connectivity index is 0.00000121. The van der Waals surface area contributed by atoms with Gasteiger partial charge in [-0.2, -0.15) is 0 Å². The summed E-state index contributed by atoms with van der Waals surface area (Å²) < 4.78 is 0. The molecule has 2 heteroatoms. The maximum atomic E-state index is 2.39. The fourth-order valence-corrected chi connectivity index (χ4v) is 2.36. The van der Waals surface area contributed by atoms with E-state index in [9.17, 15) is 0 Å². The quantitative estimate of drug-likeness (QED) is 0.515. The van der Waals surface area contributed by atoms with Crippen molar-refractivity contribution in [3.05, 3.63) is 30.3 Å². The topological polar surface area (TPSA) is 0 Å². The Hall–Kier alpha value is 0.380. The molecule has 0 amide bonds. The molecule has 12 heavy (non-hydrogen) atoms. The molecule has 0 radical (unpaired) electrons. The smallest absolute Gasteiger partial charge is 0.0933 e. The van der Waals surface area contributed by atoms with Gasteiger partial charge in [0.2, 0.25) is 0 Å². The average Bonchev–Trinajstić information content (AvgIpc) is 2.06. The molecule has 0 N–H and O–H groups in total. The standard InChI is InChI=1S/C10H16P.HI/c1-4-11(2,3)10-8-6-5-7-9-10;/h5-9H,4H2,1-3H3;1H/q+1;/p-1. The van der Waals surface area contributed by atoms with Crippen LogP contribution in [-0.2, 0) is 0 Å². The lowest BCUT2D eigenvalue weighted by Crippen LogP contribution is -3.00. The van der Waals surface area contributed by atoms with Crippen molar-refractivity contribution in [3.63, 3.8) is 0 Å². The maximum Gasteiger partial charge on any atom is 0.0933 e. The fraction of sp³-hybridized carbons (Fsp3) is 0.400. The number of halogens is 1. The van der Waals surface area contributed by atoms with E-state index in [0.29, 0.717) is 0 Å². The molecule has 0 nitrogen and oxygen atoms in total. The van der Waals surface area contributed by atoms with Crippen molar-refractivity contribution in [1.29, 1.82) is 0 Å². The van der Waals surface area contributed by atoms with Gasteiger partial charge in [0.15, 0.2) is 0 Å². The third-order valence-corrected chi connectivity index (χ3v) is 5.52. The summed E-state index contributed by atoms with van der Waals surface area (Å²) in [5.74, 6) is 0. The van der Waals surface area contributed by atoms with E-state index < -0.39 is 7.26 Å². The molecule has 1 rings (SSSR count). The van der Waals surface area contributed by atoms with Crippen molar-refractivity contribution in [2.75, 3.05) is 19.5 Å². The van der Waals surface area contributed by atoms with Gasteiger partial charge in [-0.25, -0.2) is 0 Å². The van der Waals surface area contributed by atoms with E-state index in [0.717, 1.165) is 0 Å². The summed E-state index contributed by atoms with van der Waals surface area (Å²) in [6.07, 6.45) is 1.30. The predicted octanol–water partition coefficient (Wildman–Crippen LogP) is -0.387. The van der Waals surface area contributed by atoms with Crippen LogP contribution in [-0.4, -0.2) is 19.5 Å². The summed E-state index contributed by atoms with van der Waals surface area (Å²) in [7, 11) is -0.776. The van der Waals surface area contributed by atoms with Crippen molar-refractivity contribution in [1.82, 2.24) is 0 Å². The highest BCUT2D eigenvalue weighted by Crippen LogP contribution is 2.48. The molecule has 68 valence electrons. The van der Waals surface area contributed by atoms with E-state index >= 15 is 0 Å². The summed E-state index contributed by atoms with van der Waals surface area (Å²) in [5, 5.41) is 1.54. The molecule has 1 aromatic rings. The minimum absolute atomic E-state index is 0. The molecule has 0 saturated carbocycles. The van der Waals surface area contributed by atoms with E-state index in [1.807, 2.05) is 0 Å². The Morgan fingerprint density at radius 3 is 2.00 bits per heavy atom. The van der Waals surface area contributed by atoms with Gasteiger partial charge < -0.3 is 24.0 Å². The lowest BCUT2D eigenvalue weighted by molar-refractivity contribution is -0.00000246. The maximum absolute atomic E-state index is 2.39. The first-order chi connectivity index (χ1) is 5.17. The number of hydrogen-bond donors (Lipinski definition) is 0. The molecule has 0 aliphatic carbocycles. The zero-order valence-electron chi connectivity index (χ0n) is 7.92. The summed E-state index contributed by atoms with van der Waals surface area (Å²) in [6, 6.07) is 10.8. The second-order valence-electron chi connectivity index (χ2n) is 3.34. The van der Waals surface area contributed by atoms with Gasteiger partial charge >= 0.3 is 0 Å². The van der Waals surface area contributed by atoms with Gasteiger partial charge in [0.1, 0.15) is 0 Å². The third kappa shape index (κ3) is 3.02. The highest BCUT2D eigenvalue weighted by atomic mass is 127. The first kappa shape index (κ1) is 12.4. The Kier molecular flexibility index (Phi) is 5.35.